The Bertz CT molecular complexity index is 378. The van der Waals surface area contributed by atoms with Gasteiger partial charge in [0.1, 0.15) is 11.6 Å². The molecule has 2 N–H and O–H groups in total. The molecule has 0 bridgehead atoms. The van der Waals surface area contributed by atoms with Gasteiger partial charge in [-0.15, -0.1) is 0 Å². The van der Waals surface area contributed by atoms with Gasteiger partial charge in [0, 0.05) is 30.8 Å². The first-order valence-corrected chi connectivity index (χ1v) is 6.00. The standard InChI is InChI=1S/C13H18FNO2/c1-9(15-8-11-3-2-6-17-11)12-5-4-10(16)7-13(12)14/h4-5,7,9,11,15-16H,2-3,6,8H2,1H3. The summed E-state index contributed by atoms with van der Waals surface area (Å²) in [5.41, 5.74) is 0.570. The zero-order chi connectivity index (χ0) is 12.3. The Labute approximate surface area is 101 Å². The third-order valence-electron chi connectivity index (χ3n) is 3.13. The van der Waals surface area contributed by atoms with E-state index in [9.17, 15) is 4.39 Å². The highest BCUT2D eigenvalue weighted by Crippen LogP contribution is 2.21. The summed E-state index contributed by atoms with van der Waals surface area (Å²) in [5.74, 6) is -0.421. The van der Waals surface area contributed by atoms with Crippen LogP contribution in [0.15, 0.2) is 18.2 Å². The van der Waals surface area contributed by atoms with Crippen molar-refractivity contribution >= 4 is 0 Å². The average Bonchev–Trinajstić information content (AvgIpc) is 2.78. The molecule has 0 amide bonds. The smallest absolute Gasteiger partial charge is 0.131 e. The molecule has 0 radical (unpaired) electrons. The van der Waals surface area contributed by atoms with Gasteiger partial charge in [-0.1, -0.05) is 6.07 Å². The summed E-state index contributed by atoms with van der Waals surface area (Å²) in [5, 5.41) is 12.4. The van der Waals surface area contributed by atoms with Crippen LogP contribution in [0.2, 0.25) is 0 Å². The lowest BCUT2D eigenvalue weighted by molar-refractivity contribution is 0.108. The van der Waals surface area contributed by atoms with Crippen molar-refractivity contribution in [1.82, 2.24) is 5.32 Å². The van der Waals surface area contributed by atoms with Crippen molar-refractivity contribution < 1.29 is 14.2 Å². The number of phenols is 1. The number of ether oxygens (including phenoxy) is 1. The summed E-state index contributed by atoms with van der Waals surface area (Å²) in [4.78, 5) is 0. The van der Waals surface area contributed by atoms with Gasteiger partial charge in [0.25, 0.3) is 0 Å². The molecule has 0 spiro atoms. The number of hydrogen-bond donors (Lipinski definition) is 2. The normalized spacial score (nSPS) is 21.6. The van der Waals surface area contributed by atoms with Crippen molar-refractivity contribution in [1.29, 1.82) is 0 Å². The molecule has 1 aromatic carbocycles. The fourth-order valence-corrected chi connectivity index (χ4v) is 2.09. The number of hydrogen-bond acceptors (Lipinski definition) is 3. The van der Waals surface area contributed by atoms with Crippen molar-refractivity contribution in [3.05, 3.63) is 29.6 Å². The van der Waals surface area contributed by atoms with Gasteiger partial charge in [0.15, 0.2) is 0 Å². The van der Waals surface area contributed by atoms with Gasteiger partial charge in [-0.2, -0.15) is 0 Å². The number of benzene rings is 1. The van der Waals surface area contributed by atoms with Crippen LogP contribution in [-0.4, -0.2) is 24.4 Å². The molecule has 2 unspecified atom stereocenters. The fraction of sp³-hybridized carbons (Fsp3) is 0.538. The highest BCUT2D eigenvalue weighted by molar-refractivity contribution is 5.29. The number of halogens is 1. The molecule has 1 saturated heterocycles. The summed E-state index contributed by atoms with van der Waals surface area (Å²) < 4.78 is 19.1. The molecule has 17 heavy (non-hydrogen) atoms. The molecule has 1 heterocycles. The van der Waals surface area contributed by atoms with Crippen LogP contribution < -0.4 is 5.32 Å². The Balaban J connectivity index is 1.91. The number of phenolic OH excluding ortho intramolecular Hbond substituents is 1. The van der Waals surface area contributed by atoms with E-state index in [1.54, 1.807) is 6.07 Å². The molecule has 1 aliphatic heterocycles. The van der Waals surface area contributed by atoms with Gasteiger partial charge >= 0.3 is 0 Å². The van der Waals surface area contributed by atoms with Crippen LogP contribution in [0.4, 0.5) is 4.39 Å². The first-order chi connectivity index (χ1) is 8.16. The lowest BCUT2D eigenvalue weighted by atomic mass is 10.1. The SMILES string of the molecule is CC(NCC1CCCO1)c1ccc(O)cc1F. The van der Waals surface area contributed by atoms with Crippen molar-refractivity contribution in [2.45, 2.75) is 31.9 Å². The second-order valence-corrected chi connectivity index (χ2v) is 4.47. The molecule has 4 heteroatoms. The van der Waals surface area contributed by atoms with E-state index in [4.69, 9.17) is 9.84 Å². The predicted octanol–water partition coefficient (Wildman–Crippen LogP) is 2.36. The van der Waals surface area contributed by atoms with Crippen LogP contribution in [0, 0.1) is 5.82 Å². The summed E-state index contributed by atoms with van der Waals surface area (Å²) in [6.07, 6.45) is 2.42. The van der Waals surface area contributed by atoms with Crippen molar-refractivity contribution in [2.75, 3.05) is 13.2 Å². The van der Waals surface area contributed by atoms with Gasteiger partial charge in [0.2, 0.25) is 0 Å². The fourth-order valence-electron chi connectivity index (χ4n) is 2.09. The number of nitrogens with one attached hydrogen (secondary N) is 1. The number of rotatable bonds is 4. The maximum absolute atomic E-state index is 13.6. The topological polar surface area (TPSA) is 41.5 Å². The summed E-state index contributed by atoms with van der Waals surface area (Å²) in [7, 11) is 0. The molecule has 0 aromatic heterocycles. The molecule has 2 rings (SSSR count). The van der Waals surface area contributed by atoms with E-state index in [1.165, 1.54) is 6.07 Å². The van der Waals surface area contributed by atoms with Gasteiger partial charge in [-0.25, -0.2) is 4.39 Å². The van der Waals surface area contributed by atoms with Crippen LogP contribution in [0.25, 0.3) is 0 Å². The van der Waals surface area contributed by atoms with Crippen molar-refractivity contribution in [2.24, 2.45) is 0 Å². The van der Waals surface area contributed by atoms with Crippen molar-refractivity contribution in [3.63, 3.8) is 0 Å². The van der Waals surface area contributed by atoms with E-state index < -0.39 is 0 Å². The Kier molecular flexibility index (Phi) is 3.97. The maximum atomic E-state index is 13.6. The minimum atomic E-state index is -0.377. The van der Waals surface area contributed by atoms with E-state index in [1.807, 2.05) is 6.92 Å². The van der Waals surface area contributed by atoms with E-state index >= 15 is 0 Å². The minimum absolute atomic E-state index is 0.0439. The lowest BCUT2D eigenvalue weighted by Crippen LogP contribution is -2.29. The zero-order valence-electron chi connectivity index (χ0n) is 9.95. The maximum Gasteiger partial charge on any atom is 0.131 e. The van der Waals surface area contributed by atoms with E-state index in [2.05, 4.69) is 5.32 Å². The van der Waals surface area contributed by atoms with Gasteiger partial charge in [-0.3, -0.25) is 0 Å². The second kappa shape index (κ2) is 5.47. The molecule has 2 atom stereocenters. The average molecular weight is 239 g/mol. The molecular weight excluding hydrogens is 221 g/mol. The molecule has 0 saturated carbocycles. The Morgan fingerprint density at radius 1 is 1.59 bits per heavy atom. The molecule has 1 aliphatic rings. The molecule has 0 aliphatic carbocycles. The predicted molar refractivity (Wildman–Crippen MR) is 63.5 cm³/mol. The molecule has 94 valence electrons. The van der Waals surface area contributed by atoms with Gasteiger partial charge in [-0.05, 0) is 25.8 Å². The Hall–Kier alpha value is -1.13. The summed E-state index contributed by atoms with van der Waals surface area (Å²) in [6.45, 7) is 3.47. The van der Waals surface area contributed by atoms with E-state index in [0.717, 1.165) is 32.1 Å². The summed E-state index contributed by atoms with van der Waals surface area (Å²) >= 11 is 0. The second-order valence-electron chi connectivity index (χ2n) is 4.47. The first kappa shape index (κ1) is 12.3. The van der Waals surface area contributed by atoms with E-state index in [-0.39, 0.29) is 23.7 Å². The highest BCUT2D eigenvalue weighted by Gasteiger charge is 2.17. The number of aromatic hydroxyl groups is 1. The minimum Gasteiger partial charge on any atom is -0.508 e. The largest absolute Gasteiger partial charge is 0.508 e. The van der Waals surface area contributed by atoms with Crippen LogP contribution in [-0.2, 0) is 4.74 Å². The van der Waals surface area contributed by atoms with Crippen LogP contribution in [0.3, 0.4) is 0 Å². The van der Waals surface area contributed by atoms with Gasteiger partial charge < -0.3 is 15.2 Å². The Morgan fingerprint density at radius 3 is 3.06 bits per heavy atom. The zero-order valence-corrected chi connectivity index (χ0v) is 9.95. The van der Waals surface area contributed by atoms with Crippen LogP contribution in [0.5, 0.6) is 5.75 Å². The van der Waals surface area contributed by atoms with Crippen LogP contribution in [0.1, 0.15) is 31.4 Å². The molecular formula is C13H18FNO2. The van der Waals surface area contributed by atoms with E-state index in [0.29, 0.717) is 5.56 Å². The lowest BCUT2D eigenvalue weighted by Gasteiger charge is -2.17. The third-order valence-corrected chi connectivity index (χ3v) is 3.13. The molecule has 3 nitrogen and oxygen atoms in total. The van der Waals surface area contributed by atoms with Crippen LogP contribution >= 0.6 is 0 Å². The Morgan fingerprint density at radius 2 is 2.41 bits per heavy atom. The van der Waals surface area contributed by atoms with Gasteiger partial charge in [0.05, 0.1) is 6.10 Å². The quantitative estimate of drug-likeness (QED) is 0.847. The first-order valence-electron chi connectivity index (χ1n) is 6.00. The molecule has 1 fully saturated rings. The van der Waals surface area contributed by atoms with Crippen molar-refractivity contribution in [3.8, 4) is 5.75 Å². The summed E-state index contributed by atoms with van der Waals surface area (Å²) in [6, 6.07) is 4.17. The highest BCUT2D eigenvalue weighted by atomic mass is 19.1. The molecule has 1 aromatic rings. The monoisotopic (exact) mass is 239 g/mol. The third kappa shape index (κ3) is 3.17.